The normalized spacial score (nSPS) is 24.5. The van der Waals surface area contributed by atoms with Gasteiger partial charge in [-0.1, -0.05) is 0 Å². The van der Waals surface area contributed by atoms with Crippen LogP contribution in [0.1, 0.15) is 12.8 Å². The van der Waals surface area contributed by atoms with Crippen LogP contribution < -0.4 is 11.3 Å². The zero-order chi connectivity index (χ0) is 9.26. The van der Waals surface area contributed by atoms with Crippen LogP contribution in [0.3, 0.4) is 0 Å². The van der Waals surface area contributed by atoms with Gasteiger partial charge in [0.25, 0.3) is 0 Å². The molecule has 1 saturated heterocycles. The maximum atomic E-state index is 5.26. The van der Waals surface area contributed by atoms with Crippen molar-refractivity contribution < 1.29 is 0 Å². The number of hydrogen-bond acceptors (Lipinski definition) is 3. The van der Waals surface area contributed by atoms with Gasteiger partial charge in [0.05, 0.1) is 0 Å². The van der Waals surface area contributed by atoms with E-state index in [9.17, 15) is 0 Å². The average molecular weight is 200 g/mol. The Balaban J connectivity index is 1.78. The number of hydrazine groups is 1. The molecule has 0 unspecified atom stereocenters. The predicted octanol–water partition coefficient (Wildman–Crippen LogP) is -0.485. The molecule has 2 rings (SSSR count). The van der Waals surface area contributed by atoms with Gasteiger partial charge < -0.3 is 10.3 Å². The lowest BCUT2D eigenvalue weighted by Crippen LogP contribution is -2.53. The summed E-state index contributed by atoms with van der Waals surface area (Å²) in [5.74, 6) is 5.26. The van der Waals surface area contributed by atoms with Crippen LogP contribution in [0.2, 0.25) is 0 Å². The minimum atomic E-state index is 0.676. The highest BCUT2D eigenvalue weighted by Crippen LogP contribution is 2.27. The summed E-state index contributed by atoms with van der Waals surface area (Å²) in [5.41, 5.74) is 2.53. The number of thiocarbonyl (C=S) groups is 1. The largest absolute Gasteiger partial charge is 0.346 e. The van der Waals surface area contributed by atoms with Crippen LogP contribution in [0.5, 0.6) is 0 Å². The number of nitrogens with zero attached hydrogens (tertiary/aromatic N) is 2. The van der Waals surface area contributed by atoms with Crippen LogP contribution in [-0.2, 0) is 0 Å². The van der Waals surface area contributed by atoms with E-state index in [-0.39, 0.29) is 0 Å². The highest BCUT2D eigenvalue weighted by molar-refractivity contribution is 7.80. The van der Waals surface area contributed by atoms with Crippen LogP contribution in [0, 0.1) is 0 Å². The summed E-state index contributed by atoms with van der Waals surface area (Å²) in [4.78, 5) is 4.68. The van der Waals surface area contributed by atoms with E-state index in [0.29, 0.717) is 5.11 Å². The first kappa shape index (κ1) is 9.18. The second-order valence-corrected chi connectivity index (χ2v) is 4.09. The molecule has 1 aliphatic heterocycles. The van der Waals surface area contributed by atoms with Crippen molar-refractivity contribution in [3.05, 3.63) is 0 Å². The highest BCUT2D eigenvalue weighted by Gasteiger charge is 2.31. The van der Waals surface area contributed by atoms with Crippen molar-refractivity contribution in [1.29, 1.82) is 0 Å². The molecule has 2 fully saturated rings. The Bertz CT molecular complexity index is 196. The zero-order valence-electron chi connectivity index (χ0n) is 7.70. The van der Waals surface area contributed by atoms with Crippen LogP contribution in [-0.4, -0.2) is 47.1 Å². The summed E-state index contributed by atoms with van der Waals surface area (Å²) in [5, 5.41) is 0.676. The molecule has 5 heteroatoms. The minimum Gasteiger partial charge on any atom is -0.346 e. The monoisotopic (exact) mass is 200 g/mol. The summed E-state index contributed by atoms with van der Waals surface area (Å²) in [6.07, 6.45) is 2.78. The van der Waals surface area contributed by atoms with Crippen molar-refractivity contribution in [1.82, 2.24) is 15.2 Å². The van der Waals surface area contributed by atoms with Crippen LogP contribution in [0.15, 0.2) is 0 Å². The summed E-state index contributed by atoms with van der Waals surface area (Å²) in [6, 6.07) is 0.876. The lowest BCUT2D eigenvalue weighted by molar-refractivity contribution is 0.173. The van der Waals surface area contributed by atoms with Crippen molar-refractivity contribution in [2.45, 2.75) is 18.9 Å². The van der Waals surface area contributed by atoms with E-state index in [2.05, 4.69) is 15.2 Å². The summed E-state index contributed by atoms with van der Waals surface area (Å²) in [6.45, 7) is 4.29. The molecule has 74 valence electrons. The van der Waals surface area contributed by atoms with E-state index in [1.165, 1.54) is 12.8 Å². The standard InChI is InChI=1S/C8H16N4S/c9-10-8(13)12-5-3-11(4-6-12)7-1-2-7/h7H,1-6,9H2,(H,10,13). The second kappa shape index (κ2) is 3.77. The molecule has 4 nitrogen and oxygen atoms in total. The average Bonchev–Trinajstić information content (AvgIpc) is 3.00. The fraction of sp³-hybridized carbons (Fsp3) is 0.875. The van der Waals surface area contributed by atoms with Crippen LogP contribution in [0.4, 0.5) is 0 Å². The van der Waals surface area contributed by atoms with Gasteiger partial charge in [-0.15, -0.1) is 0 Å². The van der Waals surface area contributed by atoms with Gasteiger partial charge in [0.1, 0.15) is 0 Å². The van der Waals surface area contributed by atoms with Crippen molar-refractivity contribution in [2.24, 2.45) is 5.84 Å². The molecule has 0 aromatic carbocycles. The fourth-order valence-electron chi connectivity index (χ4n) is 1.82. The lowest BCUT2D eigenvalue weighted by Gasteiger charge is -2.35. The third-order valence-corrected chi connectivity index (χ3v) is 3.16. The van der Waals surface area contributed by atoms with Gasteiger partial charge in [0, 0.05) is 32.2 Å². The quantitative estimate of drug-likeness (QED) is 0.340. The first-order valence-corrected chi connectivity index (χ1v) is 5.21. The third kappa shape index (κ3) is 2.10. The number of rotatable bonds is 1. The maximum Gasteiger partial charge on any atom is 0.183 e. The minimum absolute atomic E-state index is 0.676. The van der Waals surface area contributed by atoms with Gasteiger partial charge in [-0.3, -0.25) is 4.90 Å². The molecule has 0 radical (unpaired) electrons. The Morgan fingerprint density at radius 3 is 2.31 bits per heavy atom. The van der Waals surface area contributed by atoms with Crippen LogP contribution in [0.25, 0.3) is 0 Å². The number of nitrogens with one attached hydrogen (secondary N) is 1. The van der Waals surface area contributed by atoms with Gasteiger partial charge in [-0.05, 0) is 25.1 Å². The number of piperazine rings is 1. The van der Waals surface area contributed by atoms with Gasteiger partial charge in [-0.2, -0.15) is 0 Å². The molecule has 1 aliphatic carbocycles. The predicted molar refractivity (Wildman–Crippen MR) is 56.1 cm³/mol. The summed E-state index contributed by atoms with van der Waals surface area (Å²) < 4.78 is 0. The van der Waals surface area contributed by atoms with E-state index in [4.69, 9.17) is 18.1 Å². The van der Waals surface area contributed by atoms with Gasteiger partial charge in [-0.25, -0.2) is 5.84 Å². The van der Waals surface area contributed by atoms with Gasteiger partial charge in [0.2, 0.25) is 0 Å². The maximum absolute atomic E-state index is 5.26. The molecule has 3 N–H and O–H groups in total. The Morgan fingerprint density at radius 1 is 1.23 bits per heavy atom. The van der Waals surface area contributed by atoms with Crippen molar-refractivity contribution in [2.75, 3.05) is 26.2 Å². The molecule has 2 aliphatic rings. The zero-order valence-corrected chi connectivity index (χ0v) is 8.52. The molecule has 13 heavy (non-hydrogen) atoms. The molecule has 0 spiro atoms. The molecule has 0 aromatic rings. The molecule has 0 aromatic heterocycles. The summed E-state index contributed by atoms with van der Waals surface area (Å²) >= 11 is 5.07. The first-order valence-electron chi connectivity index (χ1n) is 4.81. The summed E-state index contributed by atoms with van der Waals surface area (Å²) in [7, 11) is 0. The SMILES string of the molecule is NNC(=S)N1CCN(C2CC2)CC1. The second-order valence-electron chi connectivity index (χ2n) is 3.70. The van der Waals surface area contributed by atoms with E-state index in [1.807, 2.05) is 0 Å². The smallest absolute Gasteiger partial charge is 0.183 e. The molecule has 0 bridgehead atoms. The number of hydrogen-bond donors (Lipinski definition) is 2. The fourth-order valence-corrected chi connectivity index (χ4v) is 2.00. The van der Waals surface area contributed by atoms with E-state index in [1.54, 1.807) is 0 Å². The van der Waals surface area contributed by atoms with Gasteiger partial charge in [0.15, 0.2) is 5.11 Å². The highest BCUT2D eigenvalue weighted by atomic mass is 32.1. The number of nitrogens with two attached hydrogens (primary N) is 1. The van der Waals surface area contributed by atoms with E-state index >= 15 is 0 Å². The van der Waals surface area contributed by atoms with Crippen molar-refractivity contribution in [3.8, 4) is 0 Å². The Kier molecular flexibility index (Phi) is 2.66. The molecule has 1 heterocycles. The third-order valence-electron chi connectivity index (χ3n) is 2.79. The Labute approximate surface area is 84.0 Å². The first-order chi connectivity index (χ1) is 6.31. The van der Waals surface area contributed by atoms with E-state index in [0.717, 1.165) is 32.2 Å². The molecule has 0 amide bonds. The van der Waals surface area contributed by atoms with Gasteiger partial charge >= 0.3 is 0 Å². The molecule has 0 atom stereocenters. The molecular weight excluding hydrogens is 184 g/mol. The van der Waals surface area contributed by atoms with Crippen molar-refractivity contribution in [3.63, 3.8) is 0 Å². The lowest BCUT2D eigenvalue weighted by atomic mass is 10.3. The van der Waals surface area contributed by atoms with Crippen LogP contribution >= 0.6 is 12.2 Å². The Hall–Kier alpha value is -0.390. The Morgan fingerprint density at radius 2 is 1.85 bits per heavy atom. The molecule has 1 saturated carbocycles. The van der Waals surface area contributed by atoms with Crippen molar-refractivity contribution >= 4 is 17.3 Å². The molecular formula is C8H16N4S. The topological polar surface area (TPSA) is 44.5 Å². The van der Waals surface area contributed by atoms with E-state index < -0.39 is 0 Å².